The first kappa shape index (κ1) is 26.2. The van der Waals surface area contributed by atoms with Crippen LogP contribution in [0.15, 0.2) is 46.3 Å². The van der Waals surface area contributed by atoms with E-state index in [1.165, 1.54) is 39.9 Å². The van der Waals surface area contributed by atoms with Crippen molar-refractivity contribution in [1.29, 1.82) is 0 Å². The van der Waals surface area contributed by atoms with Gasteiger partial charge in [0.15, 0.2) is 4.80 Å². The predicted molar refractivity (Wildman–Crippen MR) is 139 cm³/mol. The van der Waals surface area contributed by atoms with Crippen LogP contribution in [-0.4, -0.2) is 48.9 Å². The Morgan fingerprint density at radius 1 is 1.03 bits per heavy atom. The molecule has 1 aliphatic rings. The summed E-state index contributed by atoms with van der Waals surface area (Å²) in [4.78, 5) is 30.2. The lowest BCUT2D eigenvalue weighted by molar-refractivity contribution is -0.143. The summed E-state index contributed by atoms with van der Waals surface area (Å²) in [5.41, 5.74) is 3.16. The highest BCUT2D eigenvalue weighted by Crippen LogP contribution is 2.24. The highest BCUT2D eigenvalue weighted by molar-refractivity contribution is 7.89. The number of nitrogens with zero attached hydrogens (tertiary/aromatic N) is 3. The SMILES string of the molecule is CCOC(=O)Cn1c(=NC(=O)c2ccc(S(=O)(=O)N3CCCCCC3)cc2)sc2cc(C)cc(C)c21. The fraction of sp³-hybridized carbons (Fsp3) is 0.423. The zero-order valence-corrected chi connectivity index (χ0v) is 22.5. The van der Waals surface area contributed by atoms with Crippen LogP contribution in [0.25, 0.3) is 10.2 Å². The van der Waals surface area contributed by atoms with Gasteiger partial charge >= 0.3 is 5.97 Å². The molecule has 1 saturated heterocycles. The van der Waals surface area contributed by atoms with E-state index in [1.807, 2.05) is 26.0 Å². The molecule has 0 atom stereocenters. The molecule has 192 valence electrons. The summed E-state index contributed by atoms with van der Waals surface area (Å²) >= 11 is 1.33. The summed E-state index contributed by atoms with van der Waals surface area (Å²) < 4.78 is 35.4. The fourth-order valence-corrected chi connectivity index (χ4v) is 7.23. The van der Waals surface area contributed by atoms with Gasteiger partial charge in [0.25, 0.3) is 5.91 Å². The summed E-state index contributed by atoms with van der Waals surface area (Å²) in [6.07, 6.45) is 3.78. The minimum atomic E-state index is -3.60. The lowest BCUT2D eigenvalue weighted by atomic mass is 10.1. The summed E-state index contributed by atoms with van der Waals surface area (Å²) in [6.45, 7) is 6.93. The van der Waals surface area contributed by atoms with Crippen LogP contribution in [0.5, 0.6) is 0 Å². The van der Waals surface area contributed by atoms with E-state index in [2.05, 4.69) is 4.99 Å². The van der Waals surface area contributed by atoms with Gasteiger partial charge < -0.3 is 9.30 Å². The number of amides is 1. The van der Waals surface area contributed by atoms with Crippen molar-refractivity contribution in [2.75, 3.05) is 19.7 Å². The third-order valence-electron chi connectivity index (χ3n) is 6.21. The van der Waals surface area contributed by atoms with E-state index in [1.54, 1.807) is 11.5 Å². The van der Waals surface area contributed by atoms with Crippen molar-refractivity contribution in [2.24, 2.45) is 4.99 Å². The molecule has 0 unspecified atom stereocenters. The van der Waals surface area contributed by atoms with Gasteiger partial charge in [-0.05, 0) is 75.1 Å². The number of aromatic nitrogens is 1. The summed E-state index contributed by atoms with van der Waals surface area (Å²) in [5.74, 6) is -0.915. The summed E-state index contributed by atoms with van der Waals surface area (Å²) in [7, 11) is -3.60. The molecule has 0 radical (unpaired) electrons. The number of sulfonamides is 1. The quantitative estimate of drug-likeness (QED) is 0.446. The van der Waals surface area contributed by atoms with Crippen molar-refractivity contribution < 1.29 is 22.7 Å². The average Bonchev–Trinajstić information content (AvgIpc) is 3.00. The van der Waals surface area contributed by atoms with E-state index < -0.39 is 21.9 Å². The largest absolute Gasteiger partial charge is 0.465 e. The van der Waals surface area contributed by atoms with Crippen molar-refractivity contribution in [1.82, 2.24) is 8.87 Å². The normalized spacial score (nSPS) is 15.7. The van der Waals surface area contributed by atoms with Crippen LogP contribution >= 0.6 is 11.3 Å². The molecule has 4 rings (SSSR count). The van der Waals surface area contributed by atoms with Gasteiger partial charge in [0.1, 0.15) is 6.54 Å². The third kappa shape index (κ3) is 5.61. The van der Waals surface area contributed by atoms with E-state index in [9.17, 15) is 18.0 Å². The zero-order chi connectivity index (χ0) is 25.9. The number of fused-ring (bicyclic) bond motifs is 1. The van der Waals surface area contributed by atoms with Gasteiger partial charge in [0.2, 0.25) is 10.0 Å². The van der Waals surface area contributed by atoms with E-state index >= 15 is 0 Å². The number of esters is 1. The minimum absolute atomic E-state index is 0.0587. The molecule has 2 aromatic carbocycles. The highest BCUT2D eigenvalue weighted by atomic mass is 32.2. The van der Waals surface area contributed by atoms with Crippen LogP contribution in [0, 0.1) is 13.8 Å². The second-order valence-corrected chi connectivity index (χ2v) is 11.9. The molecule has 0 bridgehead atoms. The molecular formula is C26H31N3O5S2. The maximum absolute atomic E-state index is 13.1. The standard InChI is InChI=1S/C26H31N3O5S2/c1-4-34-23(30)17-29-24-19(3)15-18(2)16-22(24)35-26(29)27-25(31)20-9-11-21(12-10-20)36(32,33)28-13-7-5-6-8-14-28/h9-12,15-16H,4-8,13-14,17H2,1-3H3. The topological polar surface area (TPSA) is 98.0 Å². The lowest BCUT2D eigenvalue weighted by Gasteiger charge is -2.19. The maximum Gasteiger partial charge on any atom is 0.326 e. The third-order valence-corrected chi connectivity index (χ3v) is 9.14. The molecule has 2 heterocycles. The molecule has 8 nitrogen and oxygen atoms in total. The number of aryl methyl sites for hydroxylation is 2. The first-order chi connectivity index (χ1) is 17.2. The number of rotatable bonds is 6. The van der Waals surface area contributed by atoms with Gasteiger partial charge in [-0.1, -0.05) is 30.2 Å². The second kappa shape index (κ2) is 11.1. The Hall–Kier alpha value is -2.82. The van der Waals surface area contributed by atoms with Gasteiger partial charge in [-0.25, -0.2) is 8.42 Å². The molecule has 10 heteroatoms. The summed E-state index contributed by atoms with van der Waals surface area (Å²) in [6, 6.07) is 9.94. The van der Waals surface area contributed by atoms with E-state index in [4.69, 9.17) is 4.74 Å². The Labute approximate surface area is 215 Å². The number of carbonyl (C=O) groups is 2. The van der Waals surface area contributed by atoms with E-state index in [0.29, 0.717) is 17.9 Å². The van der Waals surface area contributed by atoms with Gasteiger partial charge in [0.05, 0.1) is 21.7 Å². The average molecular weight is 530 g/mol. The molecule has 0 saturated carbocycles. The molecule has 1 amide bonds. The molecule has 1 fully saturated rings. The van der Waals surface area contributed by atoms with Crippen LogP contribution in [0.2, 0.25) is 0 Å². The van der Waals surface area contributed by atoms with Crippen molar-refractivity contribution in [3.8, 4) is 0 Å². The first-order valence-electron chi connectivity index (χ1n) is 12.2. The number of carbonyl (C=O) groups excluding carboxylic acids is 2. The van der Waals surface area contributed by atoms with Gasteiger partial charge in [-0.3, -0.25) is 9.59 Å². The van der Waals surface area contributed by atoms with Crippen LogP contribution in [0.4, 0.5) is 0 Å². The Balaban J connectivity index is 1.68. The summed E-state index contributed by atoms with van der Waals surface area (Å²) in [5, 5.41) is 0. The maximum atomic E-state index is 13.1. The first-order valence-corrected chi connectivity index (χ1v) is 14.4. The smallest absolute Gasteiger partial charge is 0.326 e. The number of ether oxygens (including phenoxy) is 1. The van der Waals surface area contributed by atoms with Gasteiger partial charge in [-0.15, -0.1) is 0 Å². The Morgan fingerprint density at radius 2 is 1.69 bits per heavy atom. The number of hydrogen-bond donors (Lipinski definition) is 0. The van der Waals surface area contributed by atoms with E-state index in [-0.39, 0.29) is 23.6 Å². The Bertz CT molecular complexity index is 1450. The molecule has 1 aliphatic heterocycles. The molecule has 0 N–H and O–H groups in total. The highest BCUT2D eigenvalue weighted by Gasteiger charge is 2.25. The lowest BCUT2D eigenvalue weighted by Crippen LogP contribution is -2.31. The number of benzene rings is 2. The van der Waals surface area contributed by atoms with Crippen molar-refractivity contribution >= 4 is 43.5 Å². The molecular weight excluding hydrogens is 498 g/mol. The number of thiazole rings is 1. The zero-order valence-electron chi connectivity index (χ0n) is 20.8. The molecule has 3 aromatic rings. The molecule has 0 aliphatic carbocycles. The van der Waals surface area contributed by atoms with Crippen LogP contribution in [-0.2, 0) is 26.1 Å². The Kier molecular flexibility index (Phi) is 8.07. The molecule has 0 spiro atoms. The number of hydrogen-bond acceptors (Lipinski definition) is 6. The minimum Gasteiger partial charge on any atom is -0.465 e. The monoisotopic (exact) mass is 529 g/mol. The van der Waals surface area contributed by atoms with Crippen LogP contribution in [0.1, 0.15) is 54.1 Å². The predicted octanol–water partition coefficient (Wildman–Crippen LogP) is 4.19. The van der Waals surface area contributed by atoms with Crippen LogP contribution < -0.4 is 4.80 Å². The van der Waals surface area contributed by atoms with Crippen molar-refractivity contribution in [2.45, 2.75) is 57.9 Å². The molecule has 36 heavy (non-hydrogen) atoms. The van der Waals surface area contributed by atoms with Crippen molar-refractivity contribution in [3.63, 3.8) is 0 Å². The molecule has 1 aromatic heterocycles. The fourth-order valence-electron chi connectivity index (χ4n) is 4.51. The van der Waals surface area contributed by atoms with Gasteiger partial charge in [-0.2, -0.15) is 9.30 Å². The Morgan fingerprint density at radius 3 is 2.33 bits per heavy atom. The second-order valence-electron chi connectivity index (χ2n) is 8.96. The van der Waals surface area contributed by atoms with Gasteiger partial charge in [0, 0.05) is 18.7 Å². The van der Waals surface area contributed by atoms with Crippen LogP contribution in [0.3, 0.4) is 0 Å². The van der Waals surface area contributed by atoms with E-state index in [0.717, 1.165) is 47.0 Å². The van der Waals surface area contributed by atoms with Crippen molar-refractivity contribution in [3.05, 3.63) is 57.9 Å².